The van der Waals surface area contributed by atoms with Crippen LogP contribution in [0.4, 0.5) is 0 Å². The SMILES string of the molecule is CCCC(=O)OCC.CCCCCS(C)(=O)=O.CCCCCSC.CCCCOC(C)=O.CCCS(C)=O.CCOCCOC.CCS(=O)CC.CNC(=O)CCOC.CNC(=O)COC.CNCCCOC.CNCCOC.CNS(=O)(=O)CCOC.CNS(=O)(=O)COC.COCCCOC.COCCNC(C)=O.COCCNS(C)(=O)=O. The molecule has 44 heteroatoms. The minimum atomic E-state index is -3.14. The molecule has 0 aromatic rings. The summed E-state index contributed by atoms with van der Waals surface area (Å²) in [6, 6.07) is 0. The lowest BCUT2D eigenvalue weighted by atomic mass is 10.3. The number of rotatable bonds is 52. The summed E-state index contributed by atoms with van der Waals surface area (Å²) in [5.41, 5.74) is 0. The second-order valence-corrected chi connectivity index (χ2v) is 35.6. The predicted octanol–water partition coefficient (Wildman–Crippen LogP) is 5.86. The topological polar surface area (TPSA) is 482 Å². The lowest BCUT2D eigenvalue weighted by molar-refractivity contribution is -0.143. The number of sulfonamides is 3. The summed E-state index contributed by atoms with van der Waals surface area (Å²) in [5.74, 6) is 3.54. The number of nitrogens with one attached hydrogen (secondary N) is 8. The maximum Gasteiger partial charge on any atom is 0.305 e. The Kier molecular flexibility index (Phi) is 183. The lowest BCUT2D eigenvalue weighted by Crippen LogP contribution is -2.25. The van der Waals surface area contributed by atoms with Crippen molar-refractivity contribution in [2.75, 3.05) is 305 Å². The molecule has 0 aliphatic rings. The zero-order valence-corrected chi connectivity index (χ0v) is 86.5. The van der Waals surface area contributed by atoms with Crippen molar-refractivity contribution in [1.82, 2.24) is 40.8 Å². The molecule has 0 saturated heterocycles. The smallest absolute Gasteiger partial charge is 0.305 e. The van der Waals surface area contributed by atoms with Gasteiger partial charge in [0.15, 0.2) is 5.94 Å². The molecule has 0 spiro atoms. The molecule has 120 heavy (non-hydrogen) atoms. The zero-order valence-electron chi connectivity index (χ0n) is 80.8. The number of carbonyl (C=O) groups excluding carboxylic acids is 5. The second-order valence-electron chi connectivity index (χ2n) is 23.1. The molecular weight excluding hydrogens is 1710 g/mol. The van der Waals surface area contributed by atoms with Gasteiger partial charge in [0.2, 0.25) is 47.8 Å². The van der Waals surface area contributed by atoms with Gasteiger partial charge in [0.25, 0.3) is 0 Å². The highest BCUT2D eigenvalue weighted by Crippen LogP contribution is 2.00. The molecule has 742 valence electrons. The van der Waals surface area contributed by atoms with Gasteiger partial charge in [0.05, 0.1) is 71.5 Å². The molecule has 0 fully saturated rings. The molecule has 1 unspecified atom stereocenters. The normalized spacial score (nSPS) is 10.1. The number of sulfone groups is 1. The van der Waals surface area contributed by atoms with E-state index in [2.05, 4.69) is 106 Å². The van der Waals surface area contributed by atoms with Gasteiger partial charge >= 0.3 is 11.9 Å². The molecule has 1 atom stereocenters. The average Bonchev–Trinajstić information content (AvgIpc) is 0.945. The summed E-state index contributed by atoms with van der Waals surface area (Å²) < 4.78 is 176. The maximum absolute atomic E-state index is 10.6. The number of hydrogen-bond donors (Lipinski definition) is 8. The fraction of sp³-hybridized carbons (Fsp3) is 0.934. The first-order valence-corrected chi connectivity index (χ1v) is 51.6. The maximum atomic E-state index is 10.6. The number of amides is 3. The van der Waals surface area contributed by atoms with Crippen LogP contribution in [0.2, 0.25) is 0 Å². The summed E-state index contributed by atoms with van der Waals surface area (Å²) in [7, 11) is 14.1. The molecule has 3 amide bonds. The molecular formula is C76H182N8O29S7. The van der Waals surface area contributed by atoms with E-state index in [9.17, 15) is 66.1 Å². The largest absolute Gasteiger partial charge is 0.466 e. The molecule has 0 saturated carbocycles. The first-order chi connectivity index (χ1) is 56.5. The predicted molar refractivity (Wildman–Crippen MR) is 498 cm³/mol. The Labute approximate surface area is 742 Å². The number of carbonyl (C=O) groups is 5. The third-order valence-electron chi connectivity index (χ3n) is 11.6. The first-order valence-electron chi connectivity index (χ1n) is 39.8. The number of methoxy groups -OCH3 is 11. The monoisotopic (exact) mass is 1900 g/mol. The third-order valence-corrected chi connectivity index (χ3v) is 18.8. The zero-order chi connectivity index (χ0) is 96.9. The van der Waals surface area contributed by atoms with Gasteiger partial charge in [-0.2, -0.15) is 11.8 Å². The van der Waals surface area contributed by atoms with Crippen LogP contribution in [0.25, 0.3) is 0 Å². The third kappa shape index (κ3) is 252. The van der Waals surface area contributed by atoms with Crippen molar-refractivity contribution < 1.29 is 132 Å². The van der Waals surface area contributed by atoms with Crippen molar-refractivity contribution in [1.29, 1.82) is 0 Å². The van der Waals surface area contributed by atoms with E-state index in [1.54, 1.807) is 70.1 Å². The van der Waals surface area contributed by atoms with Gasteiger partial charge in [0.1, 0.15) is 16.4 Å². The minimum Gasteiger partial charge on any atom is -0.466 e. The summed E-state index contributed by atoms with van der Waals surface area (Å²) >= 11 is 1.94. The van der Waals surface area contributed by atoms with Crippen molar-refractivity contribution in [2.45, 2.75) is 166 Å². The van der Waals surface area contributed by atoms with E-state index in [1.807, 2.05) is 67.4 Å². The number of esters is 2. The Bertz CT molecular complexity index is 2320. The summed E-state index contributed by atoms with van der Waals surface area (Å²) in [4.78, 5) is 51.2. The Morgan fingerprint density at radius 2 is 0.858 bits per heavy atom. The Morgan fingerprint density at radius 1 is 0.408 bits per heavy atom. The van der Waals surface area contributed by atoms with Crippen molar-refractivity contribution in [2.24, 2.45) is 0 Å². The molecule has 37 nitrogen and oxygen atoms in total. The number of ether oxygens (including phenoxy) is 14. The molecule has 0 heterocycles. The molecule has 0 aromatic heterocycles. The summed E-state index contributed by atoms with van der Waals surface area (Å²) in [6.07, 6.45) is 20.4. The van der Waals surface area contributed by atoms with E-state index in [0.29, 0.717) is 77.9 Å². The van der Waals surface area contributed by atoms with Crippen LogP contribution >= 0.6 is 11.8 Å². The van der Waals surface area contributed by atoms with Gasteiger partial charge < -0.3 is 92.9 Å². The molecule has 0 aromatic carbocycles. The lowest BCUT2D eigenvalue weighted by Gasteiger charge is -1.98. The van der Waals surface area contributed by atoms with Gasteiger partial charge in [-0.1, -0.05) is 80.6 Å². The van der Waals surface area contributed by atoms with Gasteiger partial charge in [-0.3, -0.25) is 32.4 Å². The van der Waals surface area contributed by atoms with Crippen LogP contribution in [-0.4, -0.2) is 376 Å². The average molecular weight is 1900 g/mol. The van der Waals surface area contributed by atoms with Crippen molar-refractivity contribution in [3.63, 3.8) is 0 Å². The van der Waals surface area contributed by atoms with Crippen molar-refractivity contribution in [3.8, 4) is 0 Å². The molecule has 0 bridgehead atoms. The molecule has 0 aliphatic carbocycles. The Balaban J connectivity index is -0.0000000688. The van der Waals surface area contributed by atoms with Crippen molar-refractivity contribution >= 4 is 103 Å². The molecule has 8 N–H and O–H groups in total. The minimum absolute atomic E-state index is 0.0120. The fourth-order valence-electron chi connectivity index (χ4n) is 5.32. The van der Waals surface area contributed by atoms with Crippen molar-refractivity contribution in [3.05, 3.63) is 0 Å². The molecule has 0 rings (SSSR count). The van der Waals surface area contributed by atoms with E-state index in [0.717, 1.165) is 127 Å². The number of thioether (sulfide) groups is 1. The number of hydrogen-bond acceptors (Lipinski definition) is 32. The van der Waals surface area contributed by atoms with Gasteiger partial charge in [-0.15, -0.1) is 0 Å². The van der Waals surface area contributed by atoms with E-state index in [1.165, 1.54) is 87.7 Å². The van der Waals surface area contributed by atoms with Gasteiger partial charge in [-0.05, 0) is 106 Å². The second kappa shape index (κ2) is 142. The highest BCUT2D eigenvalue weighted by Gasteiger charge is 2.05. The summed E-state index contributed by atoms with van der Waals surface area (Å²) in [5, 5.41) is 13.4. The Hall–Kier alpha value is -2.88. The standard InChI is InChI=1S/C6H14O2S.2C6H12O2.C6H14S.2C5H11NO2.C5H13NO.2C5H12O2.2C4H11NO3S.C4H9NO2.C4H11NO.2C4H10OS.C3H9NO3S/c1-3-4-5-6-9(2,7)8;1-3-4-5-8-6(2)7;1-3-5-6(7)8-4-2;1-3-4-5-6-7-2;1-6-5(7)3-4-8-2;1-5(7)6-3-4-8-2;2*1-6-4-3-5-7-2;1-3-7-5-4-6-2;1-8-4-3-5-9(2,6)7;1-5-9(6,7)4-3-8-2;1-5-4(6)3-7-2;1-5-3-4-6-2;1-3-4-6(2)5;1-3-6(5)4-2;1-4-8(5,6)3-7-2/h3-6H2,1-2H3;2*3-5H2,1-2H3;3-6H2,1-2H3;2*3-4H2,1-2H3,(H,6,7);6H,3-5H2,1-2H3;2*3-5H2,1-2H3;2*5H,3-4H2,1-2H3;3H2,1-2H3,(H,5,6);5H,3-4H2,1-2H3;2*3-4H2,1-2H3;4H,3H2,1-2H3. The van der Waals surface area contributed by atoms with E-state index >= 15 is 0 Å². The van der Waals surface area contributed by atoms with E-state index < -0.39 is 61.5 Å². The fourth-order valence-corrected chi connectivity index (χ4v) is 9.00. The van der Waals surface area contributed by atoms with Crippen LogP contribution in [0.1, 0.15) is 166 Å². The van der Waals surface area contributed by atoms with Crippen LogP contribution in [0.3, 0.4) is 0 Å². The van der Waals surface area contributed by atoms with Gasteiger partial charge in [-0.25, -0.2) is 47.8 Å². The summed E-state index contributed by atoms with van der Waals surface area (Å²) in [6.45, 7) is 32.2. The Morgan fingerprint density at radius 3 is 1.15 bits per heavy atom. The van der Waals surface area contributed by atoms with Crippen LogP contribution in [-0.2, 0) is 152 Å². The number of unbranched alkanes of at least 4 members (excludes halogenated alkanes) is 5. The number of likely N-dealkylation sites (N-methyl/N-ethyl adjacent to an activating group) is 2. The van der Waals surface area contributed by atoms with E-state index in [-0.39, 0.29) is 54.6 Å². The highest BCUT2D eigenvalue weighted by atomic mass is 32.2. The van der Waals surface area contributed by atoms with E-state index in [4.69, 9.17) is 28.4 Å². The van der Waals surface area contributed by atoms with Crippen LogP contribution < -0.4 is 40.8 Å². The van der Waals surface area contributed by atoms with Crippen LogP contribution in [0.5, 0.6) is 0 Å². The van der Waals surface area contributed by atoms with Gasteiger partial charge in [0, 0.05) is 222 Å². The molecule has 0 radical (unpaired) electrons. The highest BCUT2D eigenvalue weighted by molar-refractivity contribution is 7.98. The van der Waals surface area contributed by atoms with Crippen LogP contribution in [0, 0.1) is 0 Å². The quantitative estimate of drug-likeness (QED) is 0.0261. The molecule has 0 aliphatic heterocycles. The first kappa shape index (κ1) is 154. The van der Waals surface area contributed by atoms with Crippen LogP contribution in [0.15, 0.2) is 0 Å².